The highest BCUT2D eigenvalue weighted by atomic mass is 16.6. The van der Waals surface area contributed by atoms with E-state index in [1.807, 2.05) is 0 Å². The molecule has 0 rings (SSSR count). The van der Waals surface area contributed by atoms with Gasteiger partial charge in [0.1, 0.15) is 12.6 Å². The monoisotopic (exact) mass is 760 g/mol. The molecule has 54 heavy (non-hydrogen) atoms. The van der Waals surface area contributed by atoms with Crippen molar-refractivity contribution in [2.24, 2.45) is 0 Å². The summed E-state index contributed by atoms with van der Waals surface area (Å²) in [6, 6.07) is -0.727. The van der Waals surface area contributed by atoms with Gasteiger partial charge in [0.25, 0.3) is 0 Å². The topological polar surface area (TPSA) is 102 Å². The number of carboxylic acids is 1. The van der Waals surface area contributed by atoms with Crippen LogP contribution in [0.2, 0.25) is 0 Å². The molecule has 0 aliphatic rings. The molecule has 0 aromatic heterocycles. The summed E-state index contributed by atoms with van der Waals surface area (Å²) in [6.07, 6.45) is 42.7. The summed E-state index contributed by atoms with van der Waals surface area (Å²) in [4.78, 5) is 36.8. The lowest BCUT2D eigenvalue weighted by atomic mass is 10.1. The van der Waals surface area contributed by atoms with Crippen molar-refractivity contribution < 1.29 is 38.2 Å². The van der Waals surface area contributed by atoms with Gasteiger partial charge < -0.3 is 28.6 Å². The highest BCUT2D eigenvalue weighted by Gasteiger charge is 2.25. The number of esters is 2. The number of allylic oxidation sites excluding steroid dienone is 8. The Bertz CT molecular complexity index is 1030. The number of carboxylic acid groups (broad SMARTS) is 1. The van der Waals surface area contributed by atoms with Crippen molar-refractivity contribution in [2.45, 2.75) is 187 Å². The zero-order valence-corrected chi connectivity index (χ0v) is 35.4. The van der Waals surface area contributed by atoms with Gasteiger partial charge in [-0.15, -0.1) is 0 Å². The van der Waals surface area contributed by atoms with Crippen LogP contribution in [0.4, 0.5) is 0 Å². The maximum Gasteiger partial charge on any atom is 0.306 e. The van der Waals surface area contributed by atoms with Crippen LogP contribution in [0.15, 0.2) is 48.6 Å². The van der Waals surface area contributed by atoms with Crippen LogP contribution in [0.3, 0.4) is 0 Å². The summed E-state index contributed by atoms with van der Waals surface area (Å²) in [7, 11) is 5.40. The Morgan fingerprint density at radius 1 is 0.574 bits per heavy atom. The number of hydrogen-bond donors (Lipinski definition) is 0. The fraction of sp³-hybridized carbons (Fsp3) is 0.761. The van der Waals surface area contributed by atoms with Crippen molar-refractivity contribution in [3.05, 3.63) is 48.6 Å². The zero-order valence-electron chi connectivity index (χ0n) is 35.4. The first-order valence-corrected chi connectivity index (χ1v) is 21.7. The molecule has 0 aliphatic carbocycles. The van der Waals surface area contributed by atoms with Gasteiger partial charge in [0.2, 0.25) is 0 Å². The average Bonchev–Trinajstić information content (AvgIpc) is 3.12. The number of ether oxygens (including phenoxy) is 3. The van der Waals surface area contributed by atoms with E-state index in [1.165, 1.54) is 64.2 Å². The van der Waals surface area contributed by atoms with E-state index >= 15 is 0 Å². The Kier molecular flexibility index (Phi) is 35.4. The Morgan fingerprint density at radius 2 is 1.04 bits per heavy atom. The van der Waals surface area contributed by atoms with Crippen molar-refractivity contribution in [1.82, 2.24) is 0 Å². The highest BCUT2D eigenvalue weighted by Crippen LogP contribution is 2.14. The van der Waals surface area contributed by atoms with Crippen molar-refractivity contribution in [2.75, 3.05) is 41.0 Å². The fourth-order valence-electron chi connectivity index (χ4n) is 6.12. The molecule has 0 fully saturated rings. The summed E-state index contributed by atoms with van der Waals surface area (Å²) in [5.41, 5.74) is 0. The van der Waals surface area contributed by atoms with E-state index in [0.29, 0.717) is 12.8 Å². The number of hydrogen-bond acceptors (Lipinski definition) is 7. The third kappa shape index (κ3) is 35.0. The van der Waals surface area contributed by atoms with E-state index in [9.17, 15) is 19.5 Å². The first-order chi connectivity index (χ1) is 26.1. The van der Waals surface area contributed by atoms with Gasteiger partial charge in [0, 0.05) is 19.3 Å². The molecule has 0 aromatic rings. The van der Waals surface area contributed by atoms with Crippen LogP contribution in [0.1, 0.15) is 174 Å². The van der Waals surface area contributed by atoms with E-state index in [4.69, 9.17) is 14.2 Å². The minimum Gasteiger partial charge on any atom is -0.544 e. The van der Waals surface area contributed by atoms with Crippen molar-refractivity contribution in [1.29, 1.82) is 0 Å². The van der Waals surface area contributed by atoms with E-state index in [0.717, 1.165) is 77.0 Å². The van der Waals surface area contributed by atoms with Gasteiger partial charge >= 0.3 is 11.9 Å². The van der Waals surface area contributed by atoms with Gasteiger partial charge in [-0.3, -0.25) is 9.59 Å². The molecule has 0 aliphatic heterocycles. The van der Waals surface area contributed by atoms with Crippen molar-refractivity contribution in [3.63, 3.8) is 0 Å². The van der Waals surface area contributed by atoms with Gasteiger partial charge in [-0.05, 0) is 51.4 Å². The number of unbranched alkanes of at least 4 members (excludes halogenated alkanes) is 16. The molecule has 312 valence electrons. The highest BCUT2D eigenvalue weighted by molar-refractivity contribution is 5.70. The standard InChI is InChI=1S/C46H81NO7/c1-6-8-10-12-14-16-18-19-20-21-22-23-24-25-27-28-30-32-34-36-44(48)53-41-42(40-52-39-38-43(46(50)51)47(3,4)5)54-45(49)37-35-33-31-29-26-17-15-13-11-9-7-2/h8,10,14,16,19-20,22-23,42-43H,6-7,9,11-13,15,17-18,21,24-41H2,1-5H3/b10-8+,16-14+,20-19+,23-22+. The van der Waals surface area contributed by atoms with Crippen molar-refractivity contribution >= 4 is 17.9 Å². The molecule has 0 radical (unpaired) electrons. The van der Waals surface area contributed by atoms with E-state index < -0.39 is 18.1 Å². The van der Waals surface area contributed by atoms with Crippen molar-refractivity contribution in [3.8, 4) is 0 Å². The second-order valence-corrected chi connectivity index (χ2v) is 15.6. The smallest absolute Gasteiger partial charge is 0.306 e. The second kappa shape index (κ2) is 37.2. The molecule has 8 heteroatoms. The summed E-state index contributed by atoms with van der Waals surface area (Å²) < 4.78 is 17.1. The molecule has 0 spiro atoms. The van der Waals surface area contributed by atoms with Crippen LogP contribution in [0.5, 0.6) is 0 Å². The van der Waals surface area contributed by atoms with E-state index in [-0.39, 0.29) is 42.7 Å². The number of carbonyl (C=O) groups is 3. The van der Waals surface area contributed by atoms with Gasteiger partial charge in [-0.1, -0.05) is 152 Å². The first kappa shape index (κ1) is 51.3. The van der Waals surface area contributed by atoms with Crippen LogP contribution in [-0.4, -0.2) is 75.5 Å². The van der Waals surface area contributed by atoms with Crippen LogP contribution in [0.25, 0.3) is 0 Å². The summed E-state index contributed by atoms with van der Waals surface area (Å²) >= 11 is 0. The predicted octanol–water partition coefficient (Wildman–Crippen LogP) is 10.3. The largest absolute Gasteiger partial charge is 0.544 e. The summed E-state index contributed by atoms with van der Waals surface area (Å²) in [5.74, 6) is -1.75. The quantitative estimate of drug-likeness (QED) is 0.0267. The normalized spacial score (nSPS) is 13.4. The predicted molar refractivity (Wildman–Crippen MR) is 222 cm³/mol. The third-order valence-corrected chi connectivity index (χ3v) is 9.48. The molecule has 0 bridgehead atoms. The van der Waals surface area contributed by atoms with Gasteiger partial charge in [0.05, 0.1) is 40.3 Å². The van der Waals surface area contributed by atoms with Crippen LogP contribution < -0.4 is 5.11 Å². The molecule has 8 nitrogen and oxygen atoms in total. The lowest BCUT2D eigenvalue weighted by Gasteiger charge is -2.34. The second-order valence-electron chi connectivity index (χ2n) is 15.6. The lowest BCUT2D eigenvalue weighted by Crippen LogP contribution is -2.55. The maximum atomic E-state index is 12.7. The summed E-state index contributed by atoms with van der Waals surface area (Å²) in [5, 5.41) is 11.6. The van der Waals surface area contributed by atoms with E-state index in [2.05, 4.69) is 62.5 Å². The van der Waals surface area contributed by atoms with Crippen LogP contribution in [-0.2, 0) is 28.6 Å². The number of carbonyl (C=O) groups excluding carboxylic acids is 3. The Hall–Kier alpha value is -2.71. The molecule has 0 aromatic carbocycles. The van der Waals surface area contributed by atoms with Gasteiger partial charge in [-0.2, -0.15) is 0 Å². The van der Waals surface area contributed by atoms with Crippen LogP contribution >= 0.6 is 0 Å². The molecule has 2 atom stereocenters. The Labute approximate surface area is 331 Å². The number of rotatable bonds is 38. The molecule has 0 saturated heterocycles. The number of likely N-dealkylation sites (N-methyl/N-ethyl adjacent to an activating group) is 1. The number of quaternary nitrogens is 1. The molecule has 2 unspecified atom stereocenters. The molecule has 0 saturated carbocycles. The maximum absolute atomic E-state index is 12.7. The fourth-order valence-corrected chi connectivity index (χ4v) is 6.12. The molecule has 0 amide bonds. The number of aliphatic carboxylic acids is 1. The number of nitrogens with zero attached hydrogens (tertiary/aromatic N) is 1. The Morgan fingerprint density at radius 3 is 1.54 bits per heavy atom. The van der Waals surface area contributed by atoms with Crippen LogP contribution in [0, 0.1) is 0 Å². The molecular formula is C46H81NO7. The van der Waals surface area contributed by atoms with Gasteiger partial charge in [0.15, 0.2) is 6.10 Å². The molecule has 0 heterocycles. The third-order valence-electron chi connectivity index (χ3n) is 9.48. The first-order valence-electron chi connectivity index (χ1n) is 21.7. The molecule has 0 N–H and O–H groups in total. The molecular weight excluding hydrogens is 679 g/mol. The zero-order chi connectivity index (χ0) is 40.0. The SMILES string of the molecule is CC/C=C/C/C=C/C/C=C/C/C=C/CCCCCCCCC(=O)OCC(COCCC(C(=O)[O-])[N+](C)(C)C)OC(=O)CCCCCCCCCCCCC. The van der Waals surface area contributed by atoms with Gasteiger partial charge in [-0.25, -0.2) is 0 Å². The Balaban J connectivity index is 4.33. The average molecular weight is 760 g/mol. The van der Waals surface area contributed by atoms with E-state index in [1.54, 1.807) is 21.1 Å². The summed E-state index contributed by atoms with van der Waals surface area (Å²) in [6.45, 7) is 4.52. The minimum absolute atomic E-state index is 0.0368. The minimum atomic E-state index is -1.13. The lowest BCUT2D eigenvalue weighted by molar-refractivity contribution is -0.889.